The van der Waals surface area contributed by atoms with E-state index in [0.717, 1.165) is 54.4 Å². The minimum Gasteiger partial charge on any atom is -0.490 e. The molecule has 2 saturated carbocycles. The van der Waals surface area contributed by atoms with Gasteiger partial charge in [0.2, 0.25) is 0 Å². The van der Waals surface area contributed by atoms with E-state index in [1.807, 2.05) is 52.0 Å². The average molecular weight is 537 g/mol. The molecule has 1 atom stereocenters. The molecule has 2 aromatic rings. The number of benzene rings is 2. The van der Waals surface area contributed by atoms with Gasteiger partial charge in [-0.1, -0.05) is 58.8 Å². The normalized spacial score (nSPS) is 20.5. The number of hydrogen-bond acceptors (Lipinski definition) is 2. The molecule has 0 N–H and O–H groups in total. The SMILES string of the molecule is C=C(/C=C1/CC(C)C/C1=C/C)OCc1cc(-c2c(C)cc(OCC3(F)CCCCC3)cc2C)ccc1F.CC. The number of halogens is 2. The largest absolute Gasteiger partial charge is 0.490 e. The highest BCUT2D eigenvalue weighted by molar-refractivity contribution is 5.72. The Kier molecular flexibility index (Phi) is 11.0. The van der Waals surface area contributed by atoms with E-state index in [2.05, 4.69) is 26.5 Å². The first-order valence-corrected chi connectivity index (χ1v) is 14.6. The average Bonchev–Trinajstić information content (AvgIpc) is 3.27. The van der Waals surface area contributed by atoms with Gasteiger partial charge in [-0.15, -0.1) is 0 Å². The van der Waals surface area contributed by atoms with E-state index >= 15 is 0 Å². The maximum atomic E-state index is 15.0. The molecule has 0 bridgehead atoms. The monoisotopic (exact) mass is 536 g/mol. The van der Waals surface area contributed by atoms with Crippen molar-refractivity contribution >= 4 is 0 Å². The Hall–Kier alpha value is -2.88. The Morgan fingerprint density at radius 1 is 1.03 bits per heavy atom. The molecular weight excluding hydrogens is 490 g/mol. The van der Waals surface area contributed by atoms with Gasteiger partial charge in [0.15, 0.2) is 0 Å². The maximum Gasteiger partial charge on any atom is 0.144 e. The predicted molar refractivity (Wildman–Crippen MR) is 159 cm³/mol. The van der Waals surface area contributed by atoms with Gasteiger partial charge in [-0.3, -0.25) is 0 Å². The van der Waals surface area contributed by atoms with E-state index in [-0.39, 0.29) is 19.0 Å². The topological polar surface area (TPSA) is 18.5 Å². The van der Waals surface area contributed by atoms with Crippen molar-refractivity contribution in [2.45, 2.75) is 98.8 Å². The molecule has 0 spiro atoms. The van der Waals surface area contributed by atoms with Crippen LogP contribution in [0.15, 0.2) is 66.0 Å². The van der Waals surface area contributed by atoms with Crippen LogP contribution in [0.1, 0.15) is 89.3 Å². The van der Waals surface area contributed by atoms with Gasteiger partial charge in [-0.25, -0.2) is 8.78 Å². The van der Waals surface area contributed by atoms with Crippen LogP contribution >= 0.6 is 0 Å². The molecule has 0 aliphatic heterocycles. The highest BCUT2D eigenvalue weighted by atomic mass is 19.1. The molecule has 1 unspecified atom stereocenters. The summed E-state index contributed by atoms with van der Waals surface area (Å²) in [5.74, 6) is 1.54. The maximum absolute atomic E-state index is 15.0. The fraction of sp³-hybridized carbons (Fsp3) is 0.486. The Balaban J connectivity index is 0.00000205. The van der Waals surface area contributed by atoms with Gasteiger partial charge in [0.05, 0.1) is 0 Å². The van der Waals surface area contributed by atoms with Gasteiger partial charge in [-0.2, -0.15) is 0 Å². The first kappa shape index (κ1) is 30.7. The van der Waals surface area contributed by atoms with Crippen LogP contribution in [-0.4, -0.2) is 12.3 Å². The third-order valence-corrected chi connectivity index (χ3v) is 7.73. The molecule has 0 aromatic heterocycles. The Bertz CT molecular complexity index is 1180. The molecule has 2 aliphatic rings. The quantitative estimate of drug-likeness (QED) is 0.312. The lowest BCUT2D eigenvalue weighted by Gasteiger charge is -2.29. The molecule has 2 nitrogen and oxygen atoms in total. The summed E-state index contributed by atoms with van der Waals surface area (Å²) < 4.78 is 41.5. The lowest BCUT2D eigenvalue weighted by atomic mass is 9.87. The minimum absolute atomic E-state index is 0.0950. The molecule has 0 heterocycles. The third kappa shape index (κ3) is 8.06. The van der Waals surface area contributed by atoms with Crippen LogP contribution < -0.4 is 4.74 Å². The lowest BCUT2D eigenvalue weighted by molar-refractivity contribution is 0.0475. The summed E-state index contributed by atoms with van der Waals surface area (Å²) in [7, 11) is 0. The van der Waals surface area contributed by atoms with Gasteiger partial charge in [-0.05, 0) is 116 Å². The summed E-state index contributed by atoms with van der Waals surface area (Å²) >= 11 is 0. The van der Waals surface area contributed by atoms with E-state index in [9.17, 15) is 8.78 Å². The summed E-state index contributed by atoms with van der Waals surface area (Å²) in [6.45, 7) is 16.6. The first-order valence-electron chi connectivity index (χ1n) is 14.6. The molecular formula is C35H46F2O2. The minimum atomic E-state index is -1.23. The zero-order valence-electron chi connectivity index (χ0n) is 24.8. The van der Waals surface area contributed by atoms with Crippen molar-refractivity contribution in [1.82, 2.24) is 0 Å². The van der Waals surface area contributed by atoms with Gasteiger partial charge in [0.25, 0.3) is 0 Å². The van der Waals surface area contributed by atoms with Crippen LogP contribution in [0.2, 0.25) is 0 Å². The smallest absolute Gasteiger partial charge is 0.144 e. The van der Waals surface area contributed by atoms with Crippen molar-refractivity contribution in [1.29, 1.82) is 0 Å². The van der Waals surface area contributed by atoms with E-state index in [1.54, 1.807) is 6.07 Å². The highest BCUT2D eigenvalue weighted by Gasteiger charge is 2.32. The van der Waals surface area contributed by atoms with E-state index in [1.165, 1.54) is 17.2 Å². The molecule has 0 saturated heterocycles. The fourth-order valence-electron chi connectivity index (χ4n) is 5.79. The highest BCUT2D eigenvalue weighted by Crippen LogP contribution is 2.37. The predicted octanol–water partition coefficient (Wildman–Crippen LogP) is 10.5. The van der Waals surface area contributed by atoms with Crippen molar-refractivity contribution in [3.8, 4) is 16.9 Å². The molecule has 2 aliphatic carbocycles. The van der Waals surface area contributed by atoms with Crippen LogP contribution in [0.4, 0.5) is 8.78 Å². The second-order valence-electron chi connectivity index (χ2n) is 11.0. The van der Waals surface area contributed by atoms with Gasteiger partial charge in [0.1, 0.15) is 36.2 Å². The summed E-state index contributed by atoms with van der Waals surface area (Å²) in [5, 5.41) is 0. The first-order chi connectivity index (χ1) is 18.7. The lowest BCUT2D eigenvalue weighted by Crippen LogP contribution is -2.33. The van der Waals surface area contributed by atoms with Crippen LogP contribution in [0.25, 0.3) is 11.1 Å². The van der Waals surface area contributed by atoms with Crippen molar-refractivity contribution in [3.63, 3.8) is 0 Å². The number of ether oxygens (including phenoxy) is 2. The van der Waals surface area contributed by atoms with Gasteiger partial charge < -0.3 is 9.47 Å². The molecule has 4 rings (SSSR count). The van der Waals surface area contributed by atoms with Crippen molar-refractivity contribution in [2.75, 3.05) is 6.61 Å². The van der Waals surface area contributed by atoms with Gasteiger partial charge >= 0.3 is 0 Å². The van der Waals surface area contributed by atoms with Crippen molar-refractivity contribution < 1.29 is 18.3 Å². The molecule has 0 amide bonds. The van der Waals surface area contributed by atoms with Crippen molar-refractivity contribution in [2.24, 2.45) is 5.92 Å². The van der Waals surface area contributed by atoms with E-state index in [4.69, 9.17) is 9.47 Å². The number of alkyl halides is 1. The molecule has 4 heteroatoms. The Labute approximate surface area is 234 Å². The summed E-state index contributed by atoms with van der Waals surface area (Å²) in [6, 6.07) is 9.03. The number of hydrogen-bond donors (Lipinski definition) is 0. The zero-order valence-corrected chi connectivity index (χ0v) is 24.8. The molecule has 2 fully saturated rings. The van der Waals surface area contributed by atoms with Crippen LogP contribution in [0, 0.1) is 25.6 Å². The standard InChI is InChI=1S/C33H40F2O2.C2H6/c1-6-26-14-22(2)15-28(26)18-25(5)36-20-29-19-27(10-11-31(29)34)32-23(3)16-30(17-24(32)4)37-21-33(35)12-8-7-9-13-33;1-2/h6,10-11,16-19,22H,5,7-9,12-15,20-21H2,1-4H3;1-2H3/b26-6-,28-18-;. The molecule has 0 radical (unpaired) electrons. The fourth-order valence-corrected chi connectivity index (χ4v) is 5.79. The zero-order chi connectivity index (χ0) is 28.6. The van der Waals surface area contributed by atoms with Gasteiger partial charge in [0, 0.05) is 5.56 Å². The third-order valence-electron chi connectivity index (χ3n) is 7.73. The van der Waals surface area contributed by atoms with Crippen LogP contribution in [0.5, 0.6) is 5.75 Å². The van der Waals surface area contributed by atoms with Crippen LogP contribution in [-0.2, 0) is 11.3 Å². The van der Waals surface area contributed by atoms with Crippen LogP contribution in [0.3, 0.4) is 0 Å². The van der Waals surface area contributed by atoms with Crippen molar-refractivity contribution in [3.05, 3.63) is 88.5 Å². The summed E-state index contributed by atoms with van der Waals surface area (Å²) in [5.41, 5.74) is 5.81. The second kappa shape index (κ2) is 14.0. The summed E-state index contributed by atoms with van der Waals surface area (Å²) in [6.07, 6.45) is 10.3. The Morgan fingerprint density at radius 3 is 2.31 bits per heavy atom. The van der Waals surface area contributed by atoms with E-state index < -0.39 is 5.67 Å². The number of rotatable bonds is 8. The number of allylic oxidation sites excluding steroid dienone is 4. The molecule has 212 valence electrons. The van der Waals surface area contributed by atoms with E-state index in [0.29, 0.717) is 35.8 Å². The second-order valence-corrected chi connectivity index (χ2v) is 11.0. The summed E-state index contributed by atoms with van der Waals surface area (Å²) in [4.78, 5) is 0. The number of aryl methyl sites for hydroxylation is 2. The Morgan fingerprint density at radius 2 is 1.67 bits per heavy atom. The molecule has 2 aromatic carbocycles. The molecule has 39 heavy (non-hydrogen) atoms.